The van der Waals surface area contributed by atoms with Crippen LogP contribution in [0.4, 0.5) is 0 Å². The molecule has 0 saturated carbocycles. The summed E-state index contributed by atoms with van der Waals surface area (Å²) in [5.41, 5.74) is 0. The van der Waals surface area contributed by atoms with E-state index in [2.05, 4.69) is 28.3 Å². The Kier molecular flexibility index (Phi) is 2.37. The summed E-state index contributed by atoms with van der Waals surface area (Å²) in [6.45, 7) is 0. The van der Waals surface area contributed by atoms with Crippen LogP contribution in [0, 0.1) is 30.3 Å². The van der Waals surface area contributed by atoms with E-state index in [-0.39, 0.29) is 0 Å². The molecular weight excluding hydrogens is 439 g/mol. The molecule has 0 aliphatic carbocycles. The molecule has 9 nitrogen and oxygen atoms in total. The molecule has 0 amide bonds. The fourth-order valence-electron chi connectivity index (χ4n) is 0.126. The second-order valence-electron chi connectivity index (χ2n) is 1.38. The predicted octanol–water partition coefficient (Wildman–Crippen LogP) is 1.25. The third-order valence-corrected chi connectivity index (χ3v) is 12.2. The normalized spacial score (nSPS) is 16.8. The third kappa shape index (κ3) is 1.26. The van der Waals surface area contributed by atoms with Crippen LogP contribution in [0.5, 0.6) is 0 Å². The Morgan fingerprint density at radius 1 is 0.769 bits per heavy atom. The van der Waals surface area contributed by atoms with Crippen molar-refractivity contribution in [1.82, 2.24) is 0 Å². The SMILES string of the molecule is O=[N+]([O-])[Pt]([Cl])([Cl])([Cl])([N+](=O)[O-])[N+](=O)[O-]. The molecule has 0 rings (SSSR count). The number of hydrogen-bond acceptors (Lipinski definition) is 6. The molecule has 0 saturated heterocycles. The van der Waals surface area contributed by atoms with E-state index in [0.717, 1.165) is 0 Å². The van der Waals surface area contributed by atoms with E-state index < -0.39 is 21.6 Å². The molecule has 0 atom stereocenters. The van der Waals surface area contributed by atoms with E-state index in [1.54, 1.807) is 0 Å². The summed E-state index contributed by atoms with van der Waals surface area (Å²) in [4.78, 5) is 30.5. The van der Waals surface area contributed by atoms with Gasteiger partial charge in [0.05, 0.1) is 0 Å². The van der Waals surface area contributed by atoms with Crippen molar-refractivity contribution >= 4 is 28.3 Å². The van der Waals surface area contributed by atoms with Gasteiger partial charge in [0.2, 0.25) is 0 Å². The molecule has 0 aromatic rings. The van der Waals surface area contributed by atoms with Crippen molar-refractivity contribution < 1.29 is 21.6 Å². The Hall–Kier alpha value is -0.242. The molecule has 0 aromatic heterocycles. The molecule has 82 valence electrons. The van der Waals surface area contributed by atoms with Gasteiger partial charge in [-0.25, -0.2) is 0 Å². The van der Waals surface area contributed by atoms with Crippen LogP contribution in [0.1, 0.15) is 0 Å². The Morgan fingerprint density at radius 3 is 0.923 bits per heavy atom. The Morgan fingerprint density at radius 2 is 0.923 bits per heavy atom. The van der Waals surface area contributed by atoms with Crippen LogP contribution < -0.4 is 0 Å². The second-order valence-corrected chi connectivity index (χ2v) is 26.4. The van der Waals surface area contributed by atoms with Crippen molar-refractivity contribution in [2.75, 3.05) is 0 Å². The first-order valence-electron chi connectivity index (χ1n) is 1.88. The van der Waals surface area contributed by atoms with Crippen molar-refractivity contribution in [1.29, 1.82) is 0 Å². The molecule has 13 heavy (non-hydrogen) atoms. The number of hydrogen-bond donors (Lipinski definition) is 0. The van der Waals surface area contributed by atoms with Gasteiger partial charge in [-0.2, -0.15) is 0 Å². The molecule has 0 N–H and O–H groups in total. The number of halogens is 3. The summed E-state index contributed by atoms with van der Waals surface area (Å²) in [5, 5.41) is 30.5. The molecule has 13 heteroatoms. The van der Waals surface area contributed by atoms with Gasteiger partial charge in [-0.15, -0.1) is 0 Å². The summed E-state index contributed by atoms with van der Waals surface area (Å²) >= 11 is -8.14. The summed E-state index contributed by atoms with van der Waals surface area (Å²) in [7, 11) is 14.0. The fourth-order valence-corrected chi connectivity index (χ4v) is 1.04. The van der Waals surface area contributed by atoms with Crippen molar-refractivity contribution in [3.05, 3.63) is 30.3 Å². The van der Waals surface area contributed by atoms with Crippen molar-refractivity contribution in [2.45, 2.75) is 0 Å². The zero-order valence-corrected chi connectivity index (χ0v) is 9.78. The van der Waals surface area contributed by atoms with Gasteiger partial charge in [0.1, 0.15) is 0 Å². The maximum atomic E-state index is 10.2. The minimum atomic E-state index is -8.14. The topological polar surface area (TPSA) is 129 Å². The Bertz CT molecular complexity index is 277. The Balaban J connectivity index is 6.16. The average molecular weight is 439 g/mol. The third-order valence-electron chi connectivity index (χ3n) is 0.703. The molecule has 0 aliphatic rings. The van der Waals surface area contributed by atoms with Gasteiger partial charge in [0, 0.05) is 0 Å². The molecule has 0 aromatic carbocycles. The molecule has 0 heterocycles. The second kappa shape index (κ2) is 2.41. The minimum absolute atomic E-state index is 2.04. The Labute approximate surface area is 80.1 Å². The molecule has 0 aliphatic heterocycles. The average Bonchev–Trinajstić information content (AvgIpc) is 1.86. The van der Waals surface area contributed by atoms with E-state index in [0.29, 0.717) is 0 Å². The van der Waals surface area contributed by atoms with Crippen molar-refractivity contribution in [3.63, 3.8) is 0 Å². The van der Waals surface area contributed by atoms with Crippen LogP contribution in [-0.4, -0.2) is 10.4 Å². The van der Waals surface area contributed by atoms with Gasteiger partial charge in [-0.1, -0.05) is 0 Å². The zero-order valence-electron chi connectivity index (χ0n) is 5.24. The van der Waals surface area contributed by atoms with Crippen LogP contribution in [0.2, 0.25) is 0 Å². The van der Waals surface area contributed by atoms with Crippen LogP contribution >= 0.6 is 28.3 Å². The van der Waals surface area contributed by atoms with E-state index in [1.165, 1.54) is 0 Å². The summed E-state index contributed by atoms with van der Waals surface area (Å²) in [6.07, 6.45) is 0. The van der Waals surface area contributed by atoms with Gasteiger partial charge >= 0.3 is 80.2 Å². The summed E-state index contributed by atoms with van der Waals surface area (Å²) in [5.74, 6) is 0. The standard InChI is InChI=1S/3ClH.3NO2.Pt/c;;;3*2-1-3;/h3*1H;;;;/q;;;;;;+3/p-3. The van der Waals surface area contributed by atoms with Crippen LogP contribution in [0.25, 0.3) is 0 Å². The zero-order chi connectivity index (χ0) is 11.1. The van der Waals surface area contributed by atoms with Gasteiger partial charge in [0.25, 0.3) is 0 Å². The van der Waals surface area contributed by atoms with Crippen LogP contribution in [0.15, 0.2) is 0 Å². The number of nitrogens with zero attached hydrogens (tertiary/aromatic N) is 3. The van der Waals surface area contributed by atoms with Crippen LogP contribution in [-0.2, 0) is 11.2 Å². The molecule has 0 spiro atoms. The molecule has 0 bridgehead atoms. The van der Waals surface area contributed by atoms with E-state index in [4.69, 9.17) is 0 Å². The maximum absolute atomic E-state index is 10.2. The van der Waals surface area contributed by atoms with Gasteiger partial charge < -0.3 is 0 Å². The molecule has 0 fully saturated rings. The van der Waals surface area contributed by atoms with Gasteiger partial charge in [0.15, 0.2) is 0 Å². The molecule has 0 radical (unpaired) electrons. The van der Waals surface area contributed by atoms with Gasteiger partial charge in [-0.3, -0.25) is 0 Å². The van der Waals surface area contributed by atoms with Crippen molar-refractivity contribution in [2.24, 2.45) is 0 Å². The quantitative estimate of drug-likeness (QED) is 0.481. The summed E-state index contributed by atoms with van der Waals surface area (Å²) < 4.78 is -6.12. The monoisotopic (exact) mass is 438 g/mol. The summed E-state index contributed by atoms with van der Waals surface area (Å²) in [6, 6.07) is 0. The predicted molar refractivity (Wildman–Crippen MR) is 38.5 cm³/mol. The molecule has 0 unspecified atom stereocenters. The first-order valence-corrected chi connectivity index (χ1v) is 13.4. The first-order chi connectivity index (χ1) is 5.40. The number of nitro groups is 3. The van der Waals surface area contributed by atoms with Crippen molar-refractivity contribution in [3.8, 4) is 0 Å². The fraction of sp³-hybridized carbons (Fsp3) is 0. The van der Waals surface area contributed by atoms with Crippen LogP contribution in [0.3, 0.4) is 0 Å². The first kappa shape index (κ1) is 12.8. The van der Waals surface area contributed by atoms with Gasteiger partial charge in [-0.05, 0) is 0 Å². The van der Waals surface area contributed by atoms with E-state index in [1.807, 2.05) is 0 Å². The van der Waals surface area contributed by atoms with E-state index in [9.17, 15) is 30.3 Å². The molecular formula is Cl3N3O6Pt. The number of rotatable bonds is 3. The van der Waals surface area contributed by atoms with E-state index >= 15 is 0 Å².